The van der Waals surface area contributed by atoms with Gasteiger partial charge in [-0.05, 0) is 18.2 Å². The molecule has 5 nitrogen and oxygen atoms in total. The molecule has 9 heteroatoms. The van der Waals surface area contributed by atoms with Gasteiger partial charge in [-0.1, -0.05) is 0 Å². The number of morpholine rings is 1. The van der Waals surface area contributed by atoms with Crippen molar-refractivity contribution in [1.82, 2.24) is 9.78 Å². The molecule has 0 atom stereocenters. The van der Waals surface area contributed by atoms with Crippen LogP contribution in [0.5, 0.6) is 0 Å². The van der Waals surface area contributed by atoms with Gasteiger partial charge in [-0.15, -0.1) is 0 Å². The second-order valence-electron chi connectivity index (χ2n) is 5.61. The summed E-state index contributed by atoms with van der Waals surface area (Å²) in [4.78, 5) is 14.1. The van der Waals surface area contributed by atoms with Crippen LogP contribution in [0.15, 0.2) is 35.3 Å². The van der Waals surface area contributed by atoms with Crippen LogP contribution in [0.2, 0.25) is 0 Å². The highest BCUT2D eigenvalue weighted by Gasteiger charge is 2.31. The van der Waals surface area contributed by atoms with Crippen molar-refractivity contribution >= 4 is 5.69 Å². The number of rotatable bonds is 3. The van der Waals surface area contributed by atoms with Gasteiger partial charge in [0.1, 0.15) is 5.82 Å². The quantitative estimate of drug-likeness (QED) is 0.791. The third kappa shape index (κ3) is 3.98. The molecule has 134 valence electrons. The van der Waals surface area contributed by atoms with Gasteiger partial charge in [-0.2, -0.15) is 18.3 Å². The standard InChI is InChI=1S/C16H15F4N3O2/c17-14-2-1-12(16(18,19)20)7-11(14)10-23-15(24)8-13(9-21-23)22-3-5-25-6-4-22/h1-2,7-9H,3-6,10H2. The highest BCUT2D eigenvalue weighted by atomic mass is 19.4. The zero-order valence-corrected chi connectivity index (χ0v) is 13.1. The molecule has 1 aromatic carbocycles. The van der Waals surface area contributed by atoms with E-state index in [1.807, 2.05) is 4.90 Å². The summed E-state index contributed by atoms with van der Waals surface area (Å²) in [5, 5.41) is 3.96. The van der Waals surface area contributed by atoms with Crippen LogP contribution in [-0.2, 0) is 17.5 Å². The van der Waals surface area contributed by atoms with Crippen LogP contribution in [0, 0.1) is 5.82 Å². The fraction of sp³-hybridized carbons (Fsp3) is 0.375. The molecule has 0 unspecified atom stereocenters. The van der Waals surface area contributed by atoms with Crippen LogP contribution < -0.4 is 10.5 Å². The summed E-state index contributed by atoms with van der Waals surface area (Å²) >= 11 is 0. The van der Waals surface area contributed by atoms with E-state index in [1.54, 1.807) is 0 Å². The second-order valence-corrected chi connectivity index (χ2v) is 5.61. The first kappa shape index (κ1) is 17.4. The maximum Gasteiger partial charge on any atom is 0.416 e. The Morgan fingerprint density at radius 2 is 1.88 bits per heavy atom. The maximum absolute atomic E-state index is 13.8. The fourth-order valence-corrected chi connectivity index (χ4v) is 2.57. The Labute approximate surface area is 140 Å². The first-order valence-corrected chi connectivity index (χ1v) is 7.60. The van der Waals surface area contributed by atoms with Gasteiger partial charge in [0, 0.05) is 24.7 Å². The first-order chi connectivity index (χ1) is 11.8. The summed E-state index contributed by atoms with van der Waals surface area (Å²) in [6.07, 6.45) is -3.14. The minimum absolute atomic E-state index is 0.247. The third-order valence-corrected chi connectivity index (χ3v) is 3.92. The van der Waals surface area contributed by atoms with Crippen molar-refractivity contribution in [1.29, 1.82) is 0 Å². The molecule has 0 radical (unpaired) electrons. The smallest absolute Gasteiger partial charge is 0.378 e. The number of halogens is 4. The molecular weight excluding hydrogens is 342 g/mol. The lowest BCUT2D eigenvalue weighted by atomic mass is 10.1. The number of nitrogens with zero attached hydrogens (tertiary/aromatic N) is 3. The zero-order valence-electron chi connectivity index (χ0n) is 13.1. The Morgan fingerprint density at radius 1 is 1.16 bits per heavy atom. The van der Waals surface area contributed by atoms with Gasteiger partial charge in [0.05, 0.1) is 37.2 Å². The minimum atomic E-state index is -4.58. The molecule has 1 fully saturated rings. The summed E-state index contributed by atoms with van der Waals surface area (Å²) in [6.45, 7) is 1.94. The highest BCUT2D eigenvalue weighted by Crippen LogP contribution is 2.30. The highest BCUT2D eigenvalue weighted by molar-refractivity contribution is 5.43. The summed E-state index contributed by atoms with van der Waals surface area (Å²) in [5.41, 5.74) is -1.12. The molecular formula is C16H15F4N3O2. The van der Waals surface area contributed by atoms with E-state index in [0.29, 0.717) is 44.1 Å². The lowest BCUT2D eigenvalue weighted by molar-refractivity contribution is -0.137. The molecule has 1 saturated heterocycles. The zero-order chi connectivity index (χ0) is 18.0. The van der Waals surface area contributed by atoms with Crippen molar-refractivity contribution < 1.29 is 22.3 Å². The number of aromatic nitrogens is 2. The molecule has 0 saturated carbocycles. The predicted molar refractivity (Wildman–Crippen MR) is 82.0 cm³/mol. The van der Waals surface area contributed by atoms with Crippen molar-refractivity contribution in [2.75, 3.05) is 31.2 Å². The fourth-order valence-electron chi connectivity index (χ4n) is 2.57. The number of ether oxygens (including phenoxy) is 1. The van der Waals surface area contributed by atoms with Crippen LogP contribution in [0.1, 0.15) is 11.1 Å². The third-order valence-electron chi connectivity index (χ3n) is 3.92. The monoisotopic (exact) mass is 357 g/mol. The Hall–Kier alpha value is -2.42. The predicted octanol–water partition coefficient (Wildman–Crippen LogP) is 2.29. The van der Waals surface area contributed by atoms with Crippen LogP contribution >= 0.6 is 0 Å². The number of anilines is 1. The molecule has 2 heterocycles. The van der Waals surface area contributed by atoms with E-state index in [4.69, 9.17) is 4.74 Å². The molecule has 0 spiro atoms. The van der Waals surface area contributed by atoms with E-state index in [1.165, 1.54) is 12.3 Å². The molecule has 0 bridgehead atoms. The molecule has 25 heavy (non-hydrogen) atoms. The van der Waals surface area contributed by atoms with Crippen molar-refractivity contribution in [3.8, 4) is 0 Å². The van der Waals surface area contributed by atoms with Gasteiger partial charge in [0.15, 0.2) is 0 Å². The van der Waals surface area contributed by atoms with E-state index >= 15 is 0 Å². The van der Waals surface area contributed by atoms with Crippen LogP contribution in [0.25, 0.3) is 0 Å². The van der Waals surface area contributed by atoms with E-state index in [-0.39, 0.29) is 12.1 Å². The van der Waals surface area contributed by atoms with Gasteiger partial charge in [-0.3, -0.25) is 4.79 Å². The Morgan fingerprint density at radius 3 is 2.52 bits per heavy atom. The lowest BCUT2D eigenvalue weighted by Crippen LogP contribution is -2.37. The normalized spacial score (nSPS) is 15.4. The number of hydrogen-bond acceptors (Lipinski definition) is 4. The Kier molecular flexibility index (Phi) is 4.76. The number of alkyl halides is 3. The number of benzene rings is 1. The molecule has 0 N–H and O–H groups in total. The molecule has 2 aromatic rings. The summed E-state index contributed by atoms with van der Waals surface area (Å²) in [7, 11) is 0. The van der Waals surface area contributed by atoms with Crippen molar-refractivity contribution in [3.63, 3.8) is 0 Å². The largest absolute Gasteiger partial charge is 0.416 e. The second kappa shape index (κ2) is 6.83. The van der Waals surface area contributed by atoms with E-state index < -0.39 is 23.1 Å². The molecule has 0 amide bonds. The molecule has 1 aliphatic rings. The molecule has 1 aliphatic heterocycles. The average Bonchev–Trinajstić information content (AvgIpc) is 2.58. The van der Waals surface area contributed by atoms with Gasteiger partial charge in [-0.25, -0.2) is 9.07 Å². The van der Waals surface area contributed by atoms with Crippen molar-refractivity contribution in [2.24, 2.45) is 0 Å². The SMILES string of the molecule is O=c1cc(N2CCOCC2)cnn1Cc1cc(C(F)(F)F)ccc1F. The maximum atomic E-state index is 13.8. The van der Waals surface area contributed by atoms with E-state index in [0.717, 1.165) is 10.7 Å². The summed E-state index contributed by atoms with van der Waals surface area (Å²) < 4.78 is 58.2. The first-order valence-electron chi connectivity index (χ1n) is 7.60. The summed E-state index contributed by atoms with van der Waals surface area (Å²) in [5.74, 6) is -0.820. The van der Waals surface area contributed by atoms with Gasteiger partial charge >= 0.3 is 6.18 Å². The summed E-state index contributed by atoms with van der Waals surface area (Å²) in [6, 6.07) is 3.44. The van der Waals surface area contributed by atoms with Crippen LogP contribution in [-0.4, -0.2) is 36.1 Å². The van der Waals surface area contributed by atoms with E-state index in [2.05, 4.69) is 5.10 Å². The molecule has 1 aromatic heterocycles. The topological polar surface area (TPSA) is 47.4 Å². The van der Waals surface area contributed by atoms with Gasteiger partial charge < -0.3 is 9.64 Å². The van der Waals surface area contributed by atoms with Crippen LogP contribution in [0.4, 0.5) is 23.2 Å². The Balaban J connectivity index is 1.85. The van der Waals surface area contributed by atoms with Crippen LogP contribution in [0.3, 0.4) is 0 Å². The van der Waals surface area contributed by atoms with Gasteiger partial charge in [0.2, 0.25) is 0 Å². The Bertz CT molecular complexity index is 814. The molecule has 3 rings (SSSR count). The van der Waals surface area contributed by atoms with Crippen molar-refractivity contribution in [2.45, 2.75) is 12.7 Å². The van der Waals surface area contributed by atoms with E-state index in [9.17, 15) is 22.4 Å². The van der Waals surface area contributed by atoms with Crippen molar-refractivity contribution in [3.05, 3.63) is 57.8 Å². The lowest BCUT2D eigenvalue weighted by Gasteiger charge is -2.28. The number of hydrogen-bond donors (Lipinski definition) is 0. The molecule has 0 aliphatic carbocycles. The minimum Gasteiger partial charge on any atom is -0.378 e. The van der Waals surface area contributed by atoms with Gasteiger partial charge in [0.25, 0.3) is 5.56 Å². The average molecular weight is 357 g/mol.